The molecule has 2 atom stereocenters. The summed E-state index contributed by atoms with van der Waals surface area (Å²) in [5, 5.41) is 20.7. The van der Waals surface area contributed by atoms with Gasteiger partial charge in [0.2, 0.25) is 11.8 Å². The summed E-state index contributed by atoms with van der Waals surface area (Å²) in [6, 6.07) is 11.2. The molecule has 2 heterocycles. The number of anilines is 1. The molecule has 3 amide bonds. The highest BCUT2D eigenvalue weighted by atomic mass is 32.2. The fourth-order valence-electron chi connectivity index (χ4n) is 4.76. The number of carbonyl (C=O) groups is 3. The molecule has 12 heteroatoms. The maximum Gasteiger partial charge on any atom is 0.283 e. The molecule has 1 saturated heterocycles. The van der Waals surface area contributed by atoms with Crippen LogP contribution in [0.5, 0.6) is 0 Å². The summed E-state index contributed by atoms with van der Waals surface area (Å²) >= 11 is 2.40. The summed E-state index contributed by atoms with van der Waals surface area (Å²) in [4.78, 5) is 54.6. The molecular formula is C25H19N5O5S2. The van der Waals surface area contributed by atoms with Crippen LogP contribution in [0.3, 0.4) is 0 Å². The van der Waals surface area contributed by atoms with Gasteiger partial charge in [0.25, 0.3) is 11.6 Å². The van der Waals surface area contributed by atoms with Crippen molar-refractivity contribution in [3.63, 3.8) is 0 Å². The Morgan fingerprint density at radius 3 is 2.51 bits per heavy atom. The van der Waals surface area contributed by atoms with Crippen LogP contribution in [0.15, 0.2) is 51.2 Å². The summed E-state index contributed by atoms with van der Waals surface area (Å²) < 4.78 is 1.29. The predicted molar refractivity (Wildman–Crippen MR) is 138 cm³/mol. The first-order valence-corrected chi connectivity index (χ1v) is 13.1. The van der Waals surface area contributed by atoms with E-state index in [1.54, 1.807) is 30.3 Å². The van der Waals surface area contributed by atoms with Crippen LogP contribution in [0.1, 0.15) is 31.2 Å². The molecule has 2 fully saturated rings. The molecule has 2 aliphatic rings. The molecule has 186 valence electrons. The van der Waals surface area contributed by atoms with Gasteiger partial charge in [-0.2, -0.15) is 5.26 Å². The van der Waals surface area contributed by atoms with Gasteiger partial charge in [0.05, 0.1) is 37.6 Å². The number of benzene rings is 2. The molecule has 0 spiro atoms. The number of nitrogens with two attached hydrogens (primary N) is 1. The number of fused-ring (bicyclic) bond motifs is 2. The number of rotatable bonds is 6. The number of hydrogen-bond donors (Lipinski definition) is 1. The number of imide groups is 1. The fourth-order valence-corrected chi connectivity index (χ4v) is 6.91. The van der Waals surface area contributed by atoms with Crippen LogP contribution >= 0.6 is 23.1 Å². The number of carbonyl (C=O) groups excluding carboxylic acids is 3. The second kappa shape index (κ2) is 9.76. The number of thiazole rings is 1. The Hall–Kier alpha value is -4.08. The zero-order chi connectivity index (χ0) is 26.3. The molecule has 1 aromatic heterocycles. The van der Waals surface area contributed by atoms with Crippen LogP contribution in [0, 0.1) is 33.3 Å². The van der Waals surface area contributed by atoms with Gasteiger partial charge in [-0.25, -0.2) is 4.98 Å². The van der Waals surface area contributed by atoms with Crippen LogP contribution < -0.4 is 10.6 Å². The molecule has 3 aromatic rings. The van der Waals surface area contributed by atoms with E-state index in [2.05, 4.69) is 4.98 Å². The first-order chi connectivity index (χ1) is 17.8. The quantitative estimate of drug-likeness (QED) is 0.160. The van der Waals surface area contributed by atoms with Gasteiger partial charge in [-0.05, 0) is 48.7 Å². The fraction of sp³-hybridized carbons (Fsp3) is 0.240. The highest BCUT2D eigenvalue weighted by Crippen LogP contribution is 2.43. The zero-order valence-electron chi connectivity index (χ0n) is 19.2. The maximum atomic E-state index is 13.0. The Bertz CT molecular complexity index is 1530. The molecule has 0 unspecified atom stereocenters. The smallest absolute Gasteiger partial charge is 0.283 e. The van der Waals surface area contributed by atoms with Gasteiger partial charge in [0, 0.05) is 6.07 Å². The number of nitrogens with zero attached hydrogens (tertiary/aromatic N) is 4. The van der Waals surface area contributed by atoms with E-state index in [9.17, 15) is 24.5 Å². The third-order valence-electron chi connectivity index (χ3n) is 6.53. The molecular weight excluding hydrogens is 514 g/mol. The normalized spacial score (nSPS) is 19.6. The molecule has 1 saturated carbocycles. The van der Waals surface area contributed by atoms with Gasteiger partial charge in [-0.1, -0.05) is 30.7 Å². The monoisotopic (exact) mass is 533 g/mol. The molecule has 1 aliphatic carbocycles. The molecule has 0 bridgehead atoms. The van der Waals surface area contributed by atoms with E-state index in [0.29, 0.717) is 26.0 Å². The van der Waals surface area contributed by atoms with Gasteiger partial charge in [-0.15, -0.1) is 11.3 Å². The van der Waals surface area contributed by atoms with Crippen molar-refractivity contribution in [3.8, 4) is 6.07 Å². The molecule has 0 radical (unpaired) electrons. The second-order valence-corrected chi connectivity index (χ2v) is 11.1. The summed E-state index contributed by atoms with van der Waals surface area (Å²) in [7, 11) is 0. The number of primary amides is 1. The van der Waals surface area contributed by atoms with Crippen LogP contribution in [0.4, 0.5) is 11.4 Å². The van der Waals surface area contributed by atoms with Crippen molar-refractivity contribution in [1.29, 1.82) is 5.26 Å². The third-order valence-corrected chi connectivity index (χ3v) is 8.67. The number of amides is 3. The summed E-state index contributed by atoms with van der Waals surface area (Å²) in [5.41, 5.74) is 6.07. The standard InChI is InChI=1S/C25H19N5O5S2/c26-12-14(22(27)31)9-13-5-8-20(19(10-13)30(34)35)36-25-28-18-7-6-15(11-21(18)37-25)29-23(32)16-3-1-2-4-17(16)24(29)33/h5-11,16-17H,1-4H2,(H2,27,31)/b14-9+/t16-,17-/m1/s1. The van der Waals surface area contributed by atoms with Gasteiger partial charge < -0.3 is 5.73 Å². The average Bonchev–Trinajstić information content (AvgIpc) is 3.40. The number of nitro groups is 1. The van der Waals surface area contributed by atoms with Crippen molar-refractivity contribution in [2.75, 3.05) is 4.90 Å². The molecule has 37 heavy (non-hydrogen) atoms. The Kier molecular flexibility index (Phi) is 6.49. The molecule has 2 N–H and O–H groups in total. The van der Waals surface area contributed by atoms with E-state index in [0.717, 1.165) is 42.1 Å². The van der Waals surface area contributed by atoms with E-state index in [-0.39, 0.29) is 34.9 Å². The number of hydrogen-bond acceptors (Lipinski definition) is 9. The number of nitriles is 1. The summed E-state index contributed by atoms with van der Waals surface area (Å²) in [6.07, 6.45) is 4.58. The number of aromatic nitrogens is 1. The van der Waals surface area contributed by atoms with Crippen LogP contribution in [-0.4, -0.2) is 27.6 Å². The first-order valence-electron chi connectivity index (χ1n) is 11.4. The maximum absolute atomic E-state index is 13.0. The van der Waals surface area contributed by atoms with E-state index < -0.39 is 10.8 Å². The number of nitro benzene ring substituents is 1. The van der Waals surface area contributed by atoms with E-state index in [4.69, 9.17) is 11.0 Å². The van der Waals surface area contributed by atoms with Crippen molar-refractivity contribution >= 4 is 68.5 Å². The first kappa shape index (κ1) is 24.6. The van der Waals surface area contributed by atoms with Gasteiger partial charge in [0.15, 0.2) is 4.34 Å². The summed E-state index contributed by atoms with van der Waals surface area (Å²) in [5.74, 6) is -1.69. The SMILES string of the molecule is N#C/C(=C\c1ccc(Sc2nc3ccc(N4C(=O)[C@@H]5CCCC[C@H]5C4=O)cc3s2)c([N+](=O)[O-])c1)C(N)=O. The minimum Gasteiger partial charge on any atom is -0.365 e. The van der Waals surface area contributed by atoms with Gasteiger partial charge in [-0.3, -0.25) is 29.4 Å². The highest BCUT2D eigenvalue weighted by Gasteiger charge is 2.48. The van der Waals surface area contributed by atoms with Gasteiger partial charge in [0.1, 0.15) is 11.6 Å². The molecule has 10 nitrogen and oxygen atoms in total. The Morgan fingerprint density at radius 1 is 1.19 bits per heavy atom. The molecule has 5 rings (SSSR count). The van der Waals surface area contributed by atoms with Crippen molar-refractivity contribution in [1.82, 2.24) is 4.98 Å². The Balaban J connectivity index is 1.43. The average molecular weight is 534 g/mol. The van der Waals surface area contributed by atoms with E-state index in [1.165, 1.54) is 34.4 Å². The largest absolute Gasteiger partial charge is 0.365 e. The van der Waals surface area contributed by atoms with Crippen LogP contribution in [-0.2, 0) is 14.4 Å². The van der Waals surface area contributed by atoms with E-state index in [1.807, 2.05) is 0 Å². The van der Waals surface area contributed by atoms with Crippen molar-refractivity contribution < 1.29 is 19.3 Å². The van der Waals surface area contributed by atoms with Crippen LogP contribution in [0.2, 0.25) is 0 Å². The zero-order valence-corrected chi connectivity index (χ0v) is 20.9. The lowest BCUT2D eigenvalue weighted by Gasteiger charge is -2.19. The lowest BCUT2D eigenvalue weighted by atomic mass is 9.81. The van der Waals surface area contributed by atoms with Crippen LogP contribution in [0.25, 0.3) is 16.3 Å². The second-order valence-electron chi connectivity index (χ2n) is 8.76. The van der Waals surface area contributed by atoms with Crippen molar-refractivity contribution in [2.45, 2.75) is 34.9 Å². The lowest BCUT2D eigenvalue weighted by molar-refractivity contribution is -0.387. The lowest BCUT2D eigenvalue weighted by Crippen LogP contribution is -2.30. The van der Waals surface area contributed by atoms with Crippen molar-refractivity contribution in [3.05, 3.63) is 57.6 Å². The predicted octanol–water partition coefficient (Wildman–Crippen LogP) is 4.43. The minimum absolute atomic E-state index is 0.145. The van der Waals surface area contributed by atoms with Gasteiger partial charge >= 0.3 is 0 Å². The Labute approximate surface area is 218 Å². The highest BCUT2D eigenvalue weighted by molar-refractivity contribution is 8.01. The van der Waals surface area contributed by atoms with Crippen molar-refractivity contribution in [2.24, 2.45) is 17.6 Å². The minimum atomic E-state index is -0.923. The van der Waals surface area contributed by atoms with E-state index >= 15 is 0 Å². The third kappa shape index (κ3) is 4.59. The Morgan fingerprint density at radius 2 is 1.89 bits per heavy atom. The molecule has 2 aromatic carbocycles. The topological polar surface area (TPSA) is 160 Å². The molecule has 1 aliphatic heterocycles. The summed E-state index contributed by atoms with van der Waals surface area (Å²) in [6.45, 7) is 0.